The molecule has 4 rings (SSSR count). The zero-order valence-corrected chi connectivity index (χ0v) is 14.1. The highest BCUT2D eigenvalue weighted by atomic mass is 32.2. The zero-order valence-electron chi connectivity index (χ0n) is 13.2. The minimum Gasteiger partial charge on any atom is -0.454 e. The summed E-state index contributed by atoms with van der Waals surface area (Å²) in [5, 5.41) is 4.85. The van der Waals surface area contributed by atoms with Crippen LogP contribution in [0.5, 0.6) is 0 Å². The molecule has 0 spiro atoms. The Labute approximate surface area is 143 Å². The van der Waals surface area contributed by atoms with Crippen molar-refractivity contribution < 1.29 is 12.8 Å². The highest BCUT2D eigenvalue weighted by Gasteiger charge is 2.10. The number of hydrogen-bond donors (Lipinski definition) is 2. The van der Waals surface area contributed by atoms with Crippen LogP contribution in [-0.2, 0) is 9.84 Å². The normalized spacial score (nSPS) is 11.9. The molecule has 25 heavy (non-hydrogen) atoms. The molecule has 0 aliphatic rings. The van der Waals surface area contributed by atoms with Gasteiger partial charge in [-0.05, 0) is 36.4 Å². The molecule has 0 aliphatic carbocycles. The first kappa shape index (κ1) is 15.5. The van der Waals surface area contributed by atoms with E-state index in [1.165, 1.54) is 18.4 Å². The van der Waals surface area contributed by atoms with Gasteiger partial charge in [-0.3, -0.25) is 4.79 Å². The lowest BCUT2D eigenvalue weighted by atomic mass is 10.2. The van der Waals surface area contributed by atoms with Crippen molar-refractivity contribution in [1.82, 2.24) is 4.98 Å². The fourth-order valence-electron chi connectivity index (χ4n) is 2.73. The number of pyridine rings is 1. The van der Waals surface area contributed by atoms with E-state index >= 15 is 0 Å². The van der Waals surface area contributed by atoms with Gasteiger partial charge in [0.25, 0.3) is 0 Å². The number of aromatic nitrogens is 1. The van der Waals surface area contributed by atoms with Crippen molar-refractivity contribution in [3.8, 4) is 0 Å². The van der Waals surface area contributed by atoms with Crippen LogP contribution in [0.25, 0.3) is 21.9 Å². The van der Waals surface area contributed by atoms with E-state index in [-0.39, 0.29) is 10.3 Å². The third kappa shape index (κ3) is 2.89. The predicted molar refractivity (Wildman–Crippen MR) is 97.2 cm³/mol. The van der Waals surface area contributed by atoms with Crippen LogP contribution < -0.4 is 10.7 Å². The molecule has 0 bridgehead atoms. The number of fused-ring (bicyclic) bond motifs is 3. The van der Waals surface area contributed by atoms with Crippen LogP contribution in [0.1, 0.15) is 0 Å². The topological polar surface area (TPSA) is 92.2 Å². The molecule has 0 fully saturated rings. The van der Waals surface area contributed by atoms with Crippen LogP contribution in [0.4, 0.5) is 11.5 Å². The van der Waals surface area contributed by atoms with E-state index < -0.39 is 9.84 Å². The minimum atomic E-state index is -3.27. The van der Waals surface area contributed by atoms with E-state index in [0.29, 0.717) is 22.7 Å². The Balaban J connectivity index is 1.77. The lowest BCUT2D eigenvalue weighted by molar-refractivity contribution is 0.602. The molecule has 0 unspecified atom stereocenters. The van der Waals surface area contributed by atoms with Gasteiger partial charge >= 0.3 is 0 Å². The van der Waals surface area contributed by atoms with Gasteiger partial charge in [0.15, 0.2) is 20.8 Å². The average Bonchev–Trinajstić information content (AvgIpc) is 2.91. The molecule has 126 valence electrons. The van der Waals surface area contributed by atoms with Gasteiger partial charge in [-0.15, -0.1) is 0 Å². The van der Waals surface area contributed by atoms with Gasteiger partial charge in [-0.2, -0.15) is 0 Å². The molecule has 2 aromatic heterocycles. The summed E-state index contributed by atoms with van der Waals surface area (Å²) in [6.45, 7) is 0. The van der Waals surface area contributed by atoms with Crippen molar-refractivity contribution in [2.45, 2.75) is 4.90 Å². The standard InChI is InChI=1S/C18H14N2O4S/c1-25(22,23)13-4-2-3-11(7-13)20-18-9-15-14-6-5-12(21)8-16(14)24-17(15)10-19-18/h2-10,19-20H,1H3. The number of nitrogens with one attached hydrogen (secondary N) is 2. The predicted octanol–water partition coefficient (Wildman–Crippen LogP) is 3.42. The van der Waals surface area contributed by atoms with Crippen molar-refractivity contribution in [1.29, 1.82) is 0 Å². The average molecular weight is 354 g/mol. The molecule has 0 saturated carbocycles. The monoisotopic (exact) mass is 354 g/mol. The molecule has 0 amide bonds. The number of anilines is 2. The quantitative estimate of drug-likeness (QED) is 0.588. The molecule has 0 aliphatic heterocycles. The van der Waals surface area contributed by atoms with Gasteiger partial charge in [-0.25, -0.2) is 8.42 Å². The van der Waals surface area contributed by atoms with Crippen LogP contribution in [0, 0.1) is 0 Å². The fourth-order valence-corrected chi connectivity index (χ4v) is 3.40. The lowest BCUT2D eigenvalue weighted by Gasteiger charge is -2.08. The fraction of sp³-hybridized carbons (Fsp3) is 0.0556. The maximum absolute atomic E-state index is 11.7. The first-order valence-corrected chi connectivity index (χ1v) is 9.41. The second-order valence-electron chi connectivity index (χ2n) is 5.81. The third-order valence-electron chi connectivity index (χ3n) is 3.92. The SMILES string of the molecule is CS(=O)(=O)c1cccc(Nc2cc3c(c[nH]2)oc2cc(=O)ccc23)c1. The second-order valence-corrected chi connectivity index (χ2v) is 7.83. The van der Waals surface area contributed by atoms with Crippen molar-refractivity contribution in [3.63, 3.8) is 0 Å². The number of H-pyrrole nitrogens is 1. The molecule has 2 heterocycles. The molecule has 4 aromatic rings. The summed E-state index contributed by atoms with van der Waals surface area (Å²) in [5.74, 6) is 0.673. The smallest absolute Gasteiger partial charge is 0.182 e. The maximum atomic E-state index is 11.7. The van der Waals surface area contributed by atoms with E-state index in [2.05, 4.69) is 10.3 Å². The Morgan fingerprint density at radius 1 is 1.00 bits per heavy atom. The second kappa shape index (κ2) is 5.49. The molecule has 0 radical (unpaired) electrons. The first-order chi connectivity index (χ1) is 11.9. The Kier molecular flexibility index (Phi) is 3.40. The summed E-state index contributed by atoms with van der Waals surface area (Å²) in [4.78, 5) is 14.8. The van der Waals surface area contributed by atoms with Crippen molar-refractivity contribution in [2.24, 2.45) is 0 Å². The van der Waals surface area contributed by atoms with Crippen LogP contribution in [0.15, 0.2) is 68.8 Å². The minimum absolute atomic E-state index is 0.105. The van der Waals surface area contributed by atoms with E-state index in [0.717, 1.165) is 10.8 Å². The van der Waals surface area contributed by atoms with Crippen molar-refractivity contribution in [2.75, 3.05) is 11.6 Å². The Morgan fingerprint density at radius 2 is 1.84 bits per heavy atom. The number of sulfone groups is 1. The van der Waals surface area contributed by atoms with Crippen LogP contribution in [0.3, 0.4) is 0 Å². The third-order valence-corrected chi connectivity index (χ3v) is 5.03. The number of rotatable bonds is 3. The van der Waals surface area contributed by atoms with E-state index in [1.54, 1.807) is 36.5 Å². The Bertz CT molecular complexity index is 1270. The van der Waals surface area contributed by atoms with Crippen LogP contribution >= 0.6 is 0 Å². The van der Waals surface area contributed by atoms with E-state index in [1.807, 2.05) is 6.07 Å². The molecular weight excluding hydrogens is 340 g/mol. The van der Waals surface area contributed by atoms with E-state index in [9.17, 15) is 13.2 Å². The van der Waals surface area contributed by atoms with Gasteiger partial charge in [0.2, 0.25) is 0 Å². The number of hydrogen-bond acceptors (Lipinski definition) is 5. The molecule has 0 saturated heterocycles. The summed E-state index contributed by atoms with van der Waals surface area (Å²) in [6.07, 6.45) is 2.87. The summed E-state index contributed by atoms with van der Waals surface area (Å²) in [7, 11) is -3.27. The molecule has 7 heteroatoms. The highest BCUT2D eigenvalue weighted by Crippen LogP contribution is 2.29. The molecule has 2 N–H and O–H groups in total. The van der Waals surface area contributed by atoms with Crippen molar-refractivity contribution >= 4 is 43.3 Å². The van der Waals surface area contributed by atoms with Gasteiger partial charge in [0, 0.05) is 35.0 Å². The Hall–Kier alpha value is -3.06. The molecule has 6 nitrogen and oxygen atoms in total. The van der Waals surface area contributed by atoms with Crippen LogP contribution in [-0.4, -0.2) is 19.7 Å². The van der Waals surface area contributed by atoms with Crippen LogP contribution in [0.2, 0.25) is 0 Å². The zero-order chi connectivity index (χ0) is 17.6. The summed E-state index contributed by atoms with van der Waals surface area (Å²) in [6, 6.07) is 13.1. The largest absolute Gasteiger partial charge is 0.454 e. The molecule has 0 atom stereocenters. The molecule has 2 aromatic carbocycles. The summed E-state index contributed by atoms with van der Waals surface area (Å²) >= 11 is 0. The van der Waals surface area contributed by atoms with Gasteiger partial charge in [0.1, 0.15) is 11.4 Å². The van der Waals surface area contributed by atoms with Crippen molar-refractivity contribution in [3.05, 3.63) is 65.0 Å². The maximum Gasteiger partial charge on any atom is 0.182 e. The van der Waals surface area contributed by atoms with E-state index in [4.69, 9.17) is 4.42 Å². The Morgan fingerprint density at radius 3 is 2.64 bits per heavy atom. The summed E-state index contributed by atoms with van der Waals surface area (Å²) < 4.78 is 29.0. The van der Waals surface area contributed by atoms with Gasteiger partial charge < -0.3 is 14.7 Å². The number of aromatic amines is 1. The van der Waals surface area contributed by atoms with Gasteiger partial charge in [-0.1, -0.05) is 6.07 Å². The highest BCUT2D eigenvalue weighted by molar-refractivity contribution is 7.90. The van der Waals surface area contributed by atoms with Gasteiger partial charge in [0.05, 0.1) is 4.90 Å². The molecular formula is C18H14N2O4S. The number of benzene rings is 2. The summed E-state index contributed by atoms with van der Waals surface area (Å²) in [5.41, 5.74) is 1.71. The number of furan rings is 1. The lowest BCUT2D eigenvalue weighted by Crippen LogP contribution is -1.99. The first-order valence-electron chi connectivity index (χ1n) is 7.52.